The van der Waals surface area contributed by atoms with Crippen LogP contribution in [0.25, 0.3) is 88.0 Å². The van der Waals surface area contributed by atoms with Gasteiger partial charge in [-0.2, -0.15) is 0 Å². The van der Waals surface area contributed by atoms with Crippen LogP contribution in [-0.2, 0) is 5.41 Å². The Labute approximate surface area is 279 Å². The van der Waals surface area contributed by atoms with E-state index in [9.17, 15) is 0 Å². The molecule has 1 aliphatic carbocycles. The van der Waals surface area contributed by atoms with E-state index < -0.39 is 0 Å². The number of rotatable bonds is 3. The maximum atomic E-state index is 6.53. The van der Waals surface area contributed by atoms with Gasteiger partial charge in [0.05, 0.1) is 0 Å². The molecule has 0 N–H and O–H groups in total. The molecule has 1 nitrogen and oxygen atoms in total. The van der Waals surface area contributed by atoms with E-state index in [1.165, 1.54) is 88.0 Å². The first-order valence-corrected chi connectivity index (χ1v) is 16.8. The summed E-state index contributed by atoms with van der Waals surface area (Å²) in [6, 6.07) is 57.6. The van der Waals surface area contributed by atoms with Gasteiger partial charge in [0.25, 0.3) is 0 Å². The first-order valence-electron chi connectivity index (χ1n) is 16.8. The predicted octanol–water partition coefficient (Wildman–Crippen LogP) is 13.2. The van der Waals surface area contributed by atoms with Crippen LogP contribution >= 0.6 is 0 Å². The molecule has 9 aromatic rings. The lowest BCUT2D eigenvalue weighted by molar-refractivity contribution is 0.620. The second-order valence-electron chi connectivity index (χ2n) is 13.6. The molecule has 1 heteroatoms. The van der Waals surface area contributed by atoms with Crippen molar-refractivity contribution in [1.82, 2.24) is 0 Å². The van der Waals surface area contributed by atoms with Gasteiger partial charge < -0.3 is 4.42 Å². The minimum Gasteiger partial charge on any atom is -0.456 e. The molecule has 0 fully saturated rings. The van der Waals surface area contributed by atoms with E-state index in [0.29, 0.717) is 0 Å². The average molecular weight is 613 g/mol. The molecule has 0 amide bonds. The molecule has 0 saturated heterocycles. The highest BCUT2D eigenvalue weighted by Gasteiger charge is 2.38. The Kier molecular flexibility index (Phi) is 5.69. The van der Waals surface area contributed by atoms with Gasteiger partial charge >= 0.3 is 0 Å². The molecule has 10 rings (SSSR count). The molecule has 0 radical (unpaired) electrons. The van der Waals surface area contributed by atoms with Crippen molar-refractivity contribution in [2.45, 2.75) is 19.3 Å². The van der Waals surface area contributed by atoms with Crippen LogP contribution in [0.5, 0.6) is 0 Å². The second kappa shape index (κ2) is 10.0. The normalized spacial score (nSPS) is 13.4. The molecule has 48 heavy (non-hydrogen) atoms. The van der Waals surface area contributed by atoms with Gasteiger partial charge in [-0.1, -0.05) is 153 Å². The van der Waals surface area contributed by atoms with Crippen molar-refractivity contribution in [2.75, 3.05) is 0 Å². The zero-order chi connectivity index (χ0) is 32.0. The van der Waals surface area contributed by atoms with Gasteiger partial charge in [0.1, 0.15) is 11.2 Å². The molecular formula is C47H32O. The Morgan fingerprint density at radius 1 is 0.396 bits per heavy atom. The lowest BCUT2D eigenvalue weighted by Gasteiger charge is -2.22. The molecule has 0 atom stereocenters. The lowest BCUT2D eigenvalue weighted by atomic mass is 9.81. The third kappa shape index (κ3) is 3.79. The Hall–Kier alpha value is -5.92. The maximum absolute atomic E-state index is 6.53. The first kappa shape index (κ1) is 27.2. The molecule has 1 heterocycles. The molecule has 226 valence electrons. The fourth-order valence-corrected chi connectivity index (χ4v) is 8.43. The zero-order valence-corrected chi connectivity index (χ0v) is 26.9. The lowest BCUT2D eigenvalue weighted by Crippen LogP contribution is -2.15. The van der Waals surface area contributed by atoms with Gasteiger partial charge in [-0.3, -0.25) is 0 Å². The predicted molar refractivity (Wildman–Crippen MR) is 203 cm³/mol. The zero-order valence-electron chi connectivity index (χ0n) is 26.9. The van der Waals surface area contributed by atoms with Crippen molar-refractivity contribution in [2.24, 2.45) is 0 Å². The second-order valence-corrected chi connectivity index (χ2v) is 13.6. The minimum atomic E-state index is -0.188. The van der Waals surface area contributed by atoms with Crippen LogP contribution in [0.3, 0.4) is 0 Å². The van der Waals surface area contributed by atoms with Gasteiger partial charge in [0.2, 0.25) is 0 Å². The Bertz CT molecular complexity index is 2670. The van der Waals surface area contributed by atoms with Gasteiger partial charge in [-0.05, 0) is 89.8 Å². The van der Waals surface area contributed by atoms with Crippen molar-refractivity contribution >= 4 is 43.5 Å². The van der Waals surface area contributed by atoms with Gasteiger partial charge in [-0.15, -0.1) is 0 Å². The van der Waals surface area contributed by atoms with Crippen LogP contribution < -0.4 is 0 Å². The SMILES string of the molecule is CC1(C)c2cc(-c3ccc(-c4c5ccccc5c(-c5ccccc5)c5ccccc45)cc3)ccc2-c2ccc3c(oc4ccccc43)c21. The maximum Gasteiger partial charge on any atom is 0.140 e. The van der Waals surface area contributed by atoms with Gasteiger partial charge in [0.15, 0.2) is 0 Å². The summed E-state index contributed by atoms with van der Waals surface area (Å²) < 4.78 is 6.53. The summed E-state index contributed by atoms with van der Waals surface area (Å²) in [4.78, 5) is 0. The highest BCUT2D eigenvalue weighted by Crippen LogP contribution is 2.53. The van der Waals surface area contributed by atoms with Crippen LogP contribution in [0.2, 0.25) is 0 Å². The molecule has 8 aromatic carbocycles. The number of benzene rings is 8. The minimum absolute atomic E-state index is 0.188. The largest absolute Gasteiger partial charge is 0.456 e. The monoisotopic (exact) mass is 612 g/mol. The number of hydrogen-bond donors (Lipinski definition) is 0. The molecule has 0 bridgehead atoms. The van der Waals surface area contributed by atoms with E-state index in [-0.39, 0.29) is 5.41 Å². The summed E-state index contributed by atoms with van der Waals surface area (Å²) in [6.07, 6.45) is 0. The van der Waals surface area contributed by atoms with Crippen LogP contribution in [0.15, 0.2) is 162 Å². The molecule has 1 aromatic heterocycles. The van der Waals surface area contributed by atoms with E-state index in [1.54, 1.807) is 0 Å². The summed E-state index contributed by atoms with van der Waals surface area (Å²) in [5.74, 6) is 0. The van der Waals surface area contributed by atoms with E-state index in [1.807, 2.05) is 6.07 Å². The third-order valence-electron chi connectivity index (χ3n) is 10.7. The Morgan fingerprint density at radius 3 is 1.54 bits per heavy atom. The fourth-order valence-electron chi connectivity index (χ4n) is 8.43. The Balaban J connectivity index is 1.09. The summed E-state index contributed by atoms with van der Waals surface area (Å²) in [5.41, 5.74) is 14.5. The van der Waals surface area contributed by atoms with Crippen molar-refractivity contribution < 1.29 is 4.42 Å². The van der Waals surface area contributed by atoms with Crippen molar-refractivity contribution in [3.8, 4) is 44.5 Å². The topological polar surface area (TPSA) is 13.1 Å². The molecule has 0 spiro atoms. The van der Waals surface area contributed by atoms with Crippen LogP contribution in [0, 0.1) is 0 Å². The Morgan fingerprint density at radius 2 is 0.896 bits per heavy atom. The van der Waals surface area contributed by atoms with Gasteiger partial charge in [-0.25, -0.2) is 0 Å². The summed E-state index contributed by atoms with van der Waals surface area (Å²) >= 11 is 0. The molecule has 0 aliphatic heterocycles. The van der Waals surface area contributed by atoms with Crippen LogP contribution in [-0.4, -0.2) is 0 Å². The van der Waals surface area contributed by atoms with Crippen molar-refractivity contribution in [3.05, 3.63) is 169 Å². The van der Waals surface area contributed by atoms with E-state index in [4.69, 9.17) is 4.42 Å². The van der Waals surface area contributed by atoms with E-state index >= 15 is 0 Å². The summed E-state index contributed by atoms with van der Waals surface area (Å²) in [7, 11) is 0. The van der Waals surface area contributed by atoms with E-state index in [2.05, 4.69) is 166 Å². The fraction of sp³-hybridized carbons (Fsp3) is 0.0638. The quantitative estimate of drug-likeness (QED) is 0.181. The molecule has 0 unspecified atom stereocenters. The number of furan rings is 1. The number of para-hydroxylation sites is 1. The first-order chi connectivity index (χ1) is 23.6. The summed E-state index contributed by atoms with van der Waals surface area (Å²) in [6.45, 7) is 4.68. The third-order valence-corrected chi connectivity index (χ3v) is 10.7. The molecule has 1 aliphatic rings. The molecular weight excluding hydrogens is 581 g/mol. The van der Waals surface area contributed by atoms with E-state index in [0.717, 1.165) is 11.2 Å². The smallest absolute Gasteiger partial charge is 0.140 e. The summed E-state index contributed by atoms with van der Waals surface area (Å²) in [5, 5.41) is 7.48. The standard InChI is InChI=1S/C47H32O/c1-47(2)41-28-32(24-25-33(41)39-26-27-40-34-14-10-11-19-42(34)48-46(40)45(39)47)29-20-22-31(23-21-29)44-37-17-8-6-15-35(37)43(30-12-4-3-5-13-30)36-16-7-9-18-38(36)44/h3-28H,1-2H3. The van der Waals surface area contributed by atoms with Crippen LogP contribution in [0.1, 0.15) is 25.0 Å². The number of fused-ring (bicyclic) bond motifs is 9. The average Bonchev–Trinajstić information content (AvgIpc) is 3.62. The highest BCUT2D eigenvalue weighted by molar-refractivity contribution is 6.21. The van der Waals surface area contributed by atoms with Crippen LogP contribution in [0.4, 0.5) is 0 Å². The molecule has 0 saturated carbocycles. The van der Waals surface area contributed by atoms with Gasteiger partial charge in [0, 0.05) is 21.8 Å². The highest BCUT2D eigenvalue weighted by atomic mass is 16.3. The van der Waals surface area contributed by atoms with Crippen molar-refractivity contribution in [3.63, 3.8) is 0 Å². The number of hydrogen-bond acceptors (Lipinski definition) is 1. The van der Waals surface area contributed by atoms with Crippen molar-refractivity contribution in [1.29, 1.82) is 0 Å².